The zero-order valence-electron chi connectivity index (χ0n) is 24.4. The van der Waals surface area contributed by atoms with E-state index >= 15 is 0 Å². The summed E-state index contributed by atoms with van der Waals surface area (Å²) in [5, 5.41) is 9.98. The normalized spacial score (nSPS) is 18.0. The highest BCUT2D eigenvalue weighted by Gasteiger charge is 2.29. The second kappa shape index (κ2) is 13.4. The standard InChI is InChI=1S/C27H29FN2O2.C10H12/c28-22-5-7-23(8-6-22)30-16-13-21-19-24(31)9-12-26(21)27(30)20-3-10-25(11-4-20)32-18-17-29-14-1-2-15-29;1-2-6-10-8-4-3-7-9(10)5-1/h3-12,19,27,31H,1-2,13-18H2;1-2,5-6H,3-4,7-8H2. The lowest BCUT2D eigenvalue weighted by Gasteiger charge is -2.39. The van der Waals surface area contributed by atoms with E-state index in [0.29, 0.717) is 12.4 Å². The van der Waals surface area contributed by atoms with Gasteiger partial charge in [0, 0.05) is 18.8 Å². The van der Waals surface area contributed by atoms with Gasteiger partial charge >= 0.3 is 0 Å². The number of benzene rings is 4. The van der Waals surface area contributed by atoms with Gasteiger partial charge in [-0.15, -0.1) is 0 Å². The first-order valence-corrected chi connectivity index (χ1v) is 15.5. The van der Waals surface area contributed by atoms with E-state index in [-0.39, 0.29) is 11.9 Å². The Labute approximate surface area is 249 Å². The Morgan fingerprint density at radius 3 is 2.10 bits per heavy atom. The molecule has 42 heavy (non-hydrogen) atoms. The lowest BCUT2D eigenvalue weighted by Crippen LogP contribution is -2.36. The number of ether oxygens (including phenoxy) is 1. The summed E-state index contributed by atoms with van der Waals surface area (Å²) in [4.78, 5) is 4.76. The number of anilines is 1. The number of hydrogen-bond donors (Lipinski definition) is 1. The van der Waals surface area contributed by atoms with Crippen molar-refractivity contribution < 1.29 is 14.2 Å². The molecule has 0 radical (unpaired) electrons. The van der Waals surface area contributed by atoms with Crippen molar-refractivity contribution in [1.29, 1.82) is 0 Å². The lowest BCUT2D eigenvalue weighted by molar-refractivity contribution is 0.237. The predicted octanol–water partition coefficient (Wildman–Crippen LogP) is 7.72. The highest BCUT2D eigenvalue weighted by atomic mass is 19.1. The molecule has 0 aromatic heterocycles. The van der Waals surface area contributed by atoms with E-state index in [2.05, 4.69) is 46.2 Å². The summed E-state index contributed by atoms with van der Waals surface area (Å²) < 4.78 is 19.5. The molecule has 1 atom stereocenters. The van der Waals surface area contributed by atoms with Crippen molar-refractivity contribution in [3.05, 3.63) is 125 Å². The van der Waals surface area contributed by atoms with Crippen LogP contribution in [0.1, 0.15) is 59.5 Å². The van der Waals surface area contributed by atoms with E-state index < -0.39 is 0 Å². The fourth-order valence-corrected chi connectivity index (χ4v) is 6.60. The van der Waals surface area contributed by atoms with Gasteiger partial charge in [0.1, 0.15) is 23.9 Å². The van der Waals surface area contributed by atoms with Gasteiger partial charge in [0.05, 0.1) is 6.04 Å². The van der Waals surface area contributed by atoms with E-state index in [1.54, 1.807) is 17.2 Å². The number of hydrogen-bond acceptors (Lipinski definition) is 4. The van der Waals surface area contributed by atoms with Gasteiger partial charge in [-0.2, -0.15) is 0 Å². The zero-order valence-corrected chi connectivity index (χ0v) is 24.4. The molecule has 4 nitrogen and oxygen atoms in total. The van der Waals surface area contributed by atoms with Crippen molar-refractivity contribution in [3.8, 4) is 11.5 Å². The summed E-state index contributed by atoms with van der Waals surface area (Å²) in [6, 6.07) is 29.4. The number of rotatable bonds is 6. The fourth-order valence-electron chi connectivity index (χ4n) is 6.60. The minimum Gasteiger partial charge on any atom is -0.508 e. The third-order valence-corrected chi connectivity index (χ3v) is 8.84. The third-order valence-electron chi connectivity index (χ3n) is 8.84. The molecular formula is C37H41FN2O2. The van der Waals surface area contributed by atoms with Crippen LogP contribution in [0, 0.1) is 5.82 Å². The van der Waals surface area contributed by atoms with Crippen molar-refractivity contribution in [2.45, 2.75) is 51.0 Å². The van der Waals surface area contributed by atoms with Crippen LogP contribution in [0.15, 0.2) is 91.0 Å². The highest BCUT2D eigenvalue weighted by Crippen LogP contribution is 2.39. The van der Waals surface area contributed by atoms with Gasteiger partial charge in [-0.3, -0.25) is 4.90 Å². The monoisotopic (exact) mass is 564 g/mol. The second-order valence-corrected chi connectivity index (χ2v) is 11.6. The Bertz CT molecular complexity index is 1420. The number of fused-ring (bicyclic) bond motifs is 2. The van der Waals surface area contributed by atoms with Crippen LogP contribution < -0.4 is 9.64 Å². The van der Waals surface area contributed by atoms with Crippen LogP contribution in [0.4, 0.5) is 10.1 Å². The molecule has 0 bridgehead atoms. The molecule has 1 unspecified atom stereocenters. The molecule has 218 valence electrons. The maximum absolute atomic E-state index is 13.5. The maximum atomic E-state index is 13.5. The van der Waals surface area contributed by atoms with E-state index in [1.165, 1.54) is 69.3 Å². The van der Waals surface area contributed by atoms with Crippen molar-refractivity contribution in [1.82, 2.24) is 4.90 Å². The number of halogens is 1. The van der Waals surface area contributed by atoms with Gasteiger partial charge in [-0.05, 0) is 134 Å². The molecule has 1 N–H and O–H groups in total. The summed E-state index contributed by atoms with van der Waals surface area (Å²) in [7, 11) is 0. The van der Waals surface area contributed by atoms with Crippen LogP contribution >= 0.6 is 0 Å². The summed E-state index contributed by atoms with van der Waals surface area (Å²) in [5.41, 5.74) is 7.61. The van der Waals surface area contributed by atoms with Gasteiger partial charge in [-0.25, -0.2) is 4.39 Å². The summed E-state index contributed by atoms with van der Waals surface area (Å²) in [6.07, 6.45) is 8.79. The maximum Gasteiger partial charge on any atom is 0.123 e. The molecular weight excluding hydrogens is 523 g/mol. The number of likely N-dealkylation sites (tertiary alicyclic amines) is 1. The molecule has 0 spiro atoms. The quantitative estimate of drug-likeness (QED) is 0.260. The molecule has 1 fully saturated rings. The SMILES string of the molecule is Oc1ccc2c(c1)CCN(c1ccc(F)cc1)C2c1ccc(OCCN2CCCC2)cc1.c1ccc2c(c1)CCCC2. The average molecular weight is 565 g/mol. The third kappa shape index (κ3) is 6.79. The molecule has 1 saturated heterocycles. The Morgan fingerprint density at radius 2 is 1.40 bits per heavy atom. The van der Waals surface area contributed by atoms with Crippen LogP contribution in [-0.4, -0.2) is 42.8 Å². The zero-order chi connectivity index (χ0) is 28.7. The molecule has 0 amide bonds. The van der Waals surface area contributed by atoms with E-state index in [9.17, 15) is 9.50 Å². The number of nitrogens with zero attached hydrogens (tertiary/aromatic N) is 2. The number of phenolic OH excluding ortho intramolecular Hbond substituents is 1. The Kier molecular flexibility index (Phi) is 9.05. The summed E-state index contributed by atoms with van der Waals surface area (Å²) in [5.74, 6) is 0.936. The van der Waals surface area contributed by atoms with E-state index in [0.717, 1.165) is 42.1 Å². The van der Waals surface area contributed by atoms with Crippen LogP contribution in [-0.2, 0) is 19.3 Å². The first-order valence-electron chi connectivity index (χ1n) is 15.5. The largest absolute Gasteiger partial charge is 0.508 e. The van der Waals surface area contributed by atoms with Gasteiger partial charge in [-0.1, -0.05) is 42.5 Å². The van der Waals surface area contributed by atoms with Gasteiger partial charge in [0.15, 0.2) is 0 Å². The second-order valence-electron chi connectivity index (χ2n) is 11.6. The molecule has 2 aliphatic heterocycles. The van der Waals surface area contributed by atoms with Crippen molar-refractivity contribution in [2.24, 2.45) is 0 Å². The summed E-state index contributed by atoms with van der Waals surface area (Å²) in [6.45, 7) is 4.82. The fraction of sp³-hybridized carbons (Fsp3) is 0.351. The number of aryl methyl sites for hydroxylation is 2. The van der Waals surface area contributed by atoms with Crippen LogP contribution in [0.5, 0.6) is 11.5 Å². The van der Waals surface area contributed by atoms with Gasteiger partial charge in [0.25, 0.3) is 0 Å². The molecule has 0 saturated carbocycles. The van der Waals surface area contributed by atoms with Crippen LogP contribution in [0.2, 0.25) is 0 Å². The molecule has 2 heterocycles. The Hall–Kier alpha value is -3.83. The predicted molar refractivity (Wildman–Crippen MR) is 168 cm³/mol. The van der Waals surface area contributed by atoms with Crippen molar-refractivity contribution >= 4 is 5.69 Å². The van der Waals surface area contributed by atoms with E-state index in [1.807, 2.05) is 36.4 Å². The van der Waals surface area contributed by atoms with Crippen LogP contribution in [0.25, 0.3) is 0 Å². The number of phenols is 1. The molecule has 3 aliphatic rings. The van der Waals surface area contributed by atoms with Crippen molar-refractivity contribution in [2.75, 3.05) is 37.7 Å². The van der Waals surface area contributed by atoms with E-state index in [4.69, 9.17) is 4.74 Å². The average Bonchev–Trinajstić information content (AvgIpc) is 3.55. The molecule has 7 rings (SSSR count). The number of aromatic hydroxyl groups is 1. The summed E-state index contributed by atoms with van der Waals surface area (Å²) >= 11 is 0. The Morgan fingerprint density at radius 1 is 0.714 bits per heavy atom. The lowest BCUT2D eigenvalue weighted by atomic mass is 9.87. The van der Waals surface area contributed by atoms with Gasteiger partial charge < -0.3 is 14.7 Å². The first kappa shape index (κ1) is 28.3. The van der Waals surface area contributed by atoms with Gasteiger partial charge in [0.2, 0.25) is 0 Å². The highest BCUT2D eigenvalue weighted by molar-refractivity contribution is 5.57. The van der Waals surface area contributed by atoms with Crippen LogP contribution in [0.3, 0.4) is 0 Å². The topological polar surface area (TPSA) is 35.9 Å². The molecule has 5 heteroatoms. The molecule has 4 aromatic rings. The molecule has 1 aliphatic carbocycles. The molecule has 4 aromatic carbocycles. The smallest absolute Gasteiger partial charge is 0.123 e. The first-order chi connectivity index (χ1) is 20.6. The Balaban J connectivity index is 0.000000265. The minimum absolute atomic E-state index is 0.0107. The minimum atomic E-state index is -0.233. The van der Waals surface area contributed by atoms with Crippen molar-refractivity contribution in [3.63, 3.8) is 0 Å².